The van der Waals surface area contributed by atoms with Gasteiger partial charge in [0.2, 0.25) is 0 Å². The standard InChI is InChI=1S/C22H24FN3O2/c1-16-2-8-20(9-3-16)26-13-18(12-25-10-11-28-15-21(25)14-27)22(24-26)17-4-6-19(23)7-5-17/h2-9,13,21,27H,10-12,14-15H2,1H3. The first-order chi connectivity index (χ1) is 13.6. The fourth-order valence-corrected chi connectivity index (χ4v) is 3.49. The quantitative estimate of drug-likeness (QED) is 0.738. The Kier molecular flexibility index (Phi) is 5.52. The number of morpholine rings is 1. The van der Waals surface area contributed by atoms with Crippen LogP contribution in [0.1, 0.15) is 11.1 Å². The van der Waals surface area contributed by atoms with Gasteiger partial charge >= 0.3 is 0 Å². The van der Waals surface area contributed by atoms with Crippen LogP contribution in [0.3, 0.4) is 0 Å². The number of aryl methyl sites for hydroxylation is 1. The van der Waals surface area contributed by atoms with Gasteiger partial charge in [-0.3, -0.25) is 4.90 Å². The van der Waals surface area contributed by atoms with Crippen LogP contribution in [0.2, 0.25) is 0 Å². The van der Waals surface area contributed by atoms with E-state index in [0.717, 1.165) is 29.1 Å². The third-order valence-electron chi connectivity index (χ3n) is 5.14. The number of aromatic nitrogens is 2. The molecule has 0 radical (unpaired) electrons. The Balaban J connectivity index is 1.72. The molecule has 6 heteroatoms. The average molecular weight is 381 g/mol. The summed E-state index contributed by atoms with van der Waals surface area (Å²) in [6.07, 6.45) is 2.02. The van der Waals surface area contributed by atoms with E-state index >= 15 is 0 Å². The van der Waals surface area contributed by atoms with Crippen LogP contribution in [-0.4, -0.2) is 52.2 Å². The van der Waals surface area contributed by atoms with Crippen molar-refractivity contribution in [3.63, 3.8) is 0 Å². The van der Waals surface area contributed by atoms with Gasteiger partial charge in [0.1, 0.15) is 5.82 Å². The Morgan fingerprint density at radius 3 is 2.61 bits per heavy atom. The third-order valence-corrected chi connectivity index (χ3v) is 5.14. The smallest absolute Gasteiger partial charge is 0.123 e. The highest BCUT2D eigenvalue weighted by Gasteiger charge is 2.24. The first-order valence-electron chi connectivity index (χ1n) is 9.48. The average Bonchev–Trinajstić information content (AvgIpc) is 3.13. The Labute approximate surface area is 164 Å². The molecule has 0 saturated carbocycles. The number of ether oxygens (including phenoxy) is 1. The molecule has 3 aromatic rings. The minimum atomic E-state index is -0.267. The Bertz CT molecular complexity index is 922. The van der Waals surface area contributed by atoms with Crippen molar-refractivity contribution in [3.05, 3.63) is 71.7 Å². The molecule has 0 spiro atoms. The number of halogens is 1. The van der Waals surface area contributed by atoms with E-state index in [-0.39, 0.29) is 18.5 Å². The highest BCUT2D eigenvalue weighted by Crippen LogP contribution is 2.26. The monoisotopic (exact) mass is 381 g/mol. The second kappa shape index (κ2) is 8.22. The molecular formula is C22H24FN3O2. The first kappa shape index (κ1) is 18.8. The molecule has 0 bridgehead atoms. The fraction of sp³-hybridized carbons (Fsp3) is 0.318. The van der Waals surface area contributed by atoms with Crippen molar-refractivity contribution in [3.8, 4) is 16.9 Å². The summed E-state index contributed by atoms with van der Waals surface area (Å²) in [4.78, 5) is 2.22. The molecule has 1 aromatic heterocycles. The maximum Gasteiger partial charge on any atom is 0.123 e. The summed E-state index contributed by atoms with van der Waals surface area (Å²) in [6.45, 7) is 4.67. The molecule has 4 rings (SSSR count). The van der Waals surface area contributed by atoms with E-state index in [1.54, 1.807) is 12.1 Å². The van der Waals surface area contributed by atoms with Gasteiger partial charge in [-0.1, -0.05) is 17.7 Å². The summed E-state index contributed by atoms with van der Waals surface area (Å²) in [6, 6.07) is 14.6. The van der Waals surface area contributed by atoms with Gasteiger partial charge in [-0.15, -0.1) is 0 Å². The first-order valence-corrected chi connectivity index (χ1v) is 9.48. The SMILES string of the molecule is Cc1ccc(-n2cc(CN3CCOCC3CO)c(-c3ccc(F)cc3)n2)cc1. The van der Waals surface area contributed by atoms with E-state index in [4.69, 9.17) is 9.84 Å². The van der Waals surface area contributed by atoms with Crippen LogP contribution in [-0.2, 0) is 11.3 Å². The number of aliphatic hydroxyl groups is 1. The van der Waals surface area contributed by atoms with Crippen LogP contribution in [0.25, 0.3) is 16.9 Å². The number of hydrogen-bond donors (Lipinski definition) is 1. The van der Waals surface area contributed by atoms with Crippen molar-refractivity contribution >= 4 is 0 Å². The minimum Gasteiger partial charge on any atom is -0.395 e. The second-order valence-corrected chi connectivity index (χ2v) is 7.17. The lowest BCUT2D eigenvalue weighted by Gasteiger charge is -2.34. The molecule has 146 valence electrons. The van der Waals surface area contributed by atoms with Crippen LogP contribution < -0.4 is 0 Å². The molecule has 2 aromatic carbocycles. The van der Waals surface area contributed by atoms with Gasteiger partial charge in [-0.25, -0.2) is 9.07 Å². The lowest BCUT2D eigenvalue weighted by Crippen LogP contribution is -2.46. The molecule has 1 aliphatic heterocycles. The van der Waals surface area contributed by atoms with Crippen molar-refractivity contribution in [2.75, 3.05) is 26.4 Å². The molecule has 2 heterocycles. The fourth-order valence-electron chi connectivity index (χ4n) is 3.49. The molecule has 1 atom stereocenters. The van der Waals surface area contributed by atoms with Gasteiger partial charge in [0.25, 0.3) is 0 Å². The molecule has 1 aliphatic rings. The van der Waals surface area contributed by atoms with Gasteiger partial charge in [0.15, 0.2) is 0 Å². The lowest BCUT2D eigenvalue weighted by molar-refractivity contribution is -0.0312. The number of nitrogens with zero attached hydrogens (tertiary/aromatic N) is 3. The Morgan fingerprint density at radius 2 is 1.89 bits per heavy atom. The van der Waals surface area contributed by atoms with E-state index < -0.39 is 0 Å². The third kappa shape index (κ3) is 3.99. The molecule has 0 aliphatic carbocycles. The zero-order valence-corrected chi connectivity index (χ0v) is 15.9. The molecule has 28 heavy (non-hydrogen) atoms. The van der Waals surface area contributed by atoms with Crippen LogP contribution in [0, 0.1) is 12.7 Å². The molecule has 0 amide bonds. The maximum absolute atomic E-state index is 13.4. The molecule has 5 nitrogen and oxygen atoms in total. The van der Waals surface area contributed by atoms with E-state index in [1.807, 2.05) is 23.0 Å². The number of rotatable bonds is 5. The second-order valence-electron chi connectivity index (χ2n) is 7.17. The summed E-state index contributed by atoms with van der Waals surface area (Å²) in [5.74, 6) is -0.267. The van der Waals surface area contributed by atoms with Gasteiger partial charge in [-0.05, 0) is 43.3 Å². The van der Waals surface area contributed by atoms with Gasteiger partial charge < -0.3 is 9.84 Å². The van der Waals surface area contributed by atoms with Crippen molar-refractivity contribution in [1.82, 2.24) is 14.7 Å². The molecule has 1 unspecified atom stereocenters. The molecular weight excluding hydrogens is 357 g/mol. The summed E-state index contributed by atoms with van der Waals surface area (Å²) in [7, 11) is 0. The molecule has 1 fully saturated rings. The van der Waals surface area contributed by atoms with Crippen molar-refractivity contribution in [2.24, 2.45) is 0 Å². The predicted octanol–water partition coefficient (Wildman–Crippen LogP) is 3.18. The van der Waals surface area contributed by atoms with Crippen molar-refractivity contribution in [2.45, 2.75) is 19.5 Å². The van der Waals surface area contributed by atoms with E-state index in [9.17, 15) is 9.50 Å². The summed E-state index contributed by atoms with van der Waals surface area (Å²) < 4.78 is 20.8. The number of aliphatic hydroxyl groups excluding tert-OH is 1. The summed E-state index contributed by atoms with van der Waals surface area (Å²) >= 11 is 0. The minimum absolute atomic E-state index is 0.0301. The van der Waals surface area contributed by atoms with E-state index in [0.29, 0.717) is 19.8 Å². The highest BCUT2D eigenvalue weighted by molar-refractivity contribution is 5.63. The van der Waals surface area contributed by atoms with Crippen LogP contribution in [0.15, 0.2) is 54.7 Å². The normalized spacial score (nSPS) is 17.8. The lowest BCUT2D eigenvalue weighted by atomic mass is 10.1. The van der Waals surface area contributed by atoms with Gasteiger partial charge in [0.05, 0.1) is 37.2 Å². The van der Waals surface area contributed by atoms with Crippen LogP contribution in [0.4, 0.5) is 4.39 Å². The molecule has 1 N–H and O–H groups in total. The molecule has 1 saturated heterocycles. The van der Waals surface area contributed by atoms with E-state index in [1.165, 1.54) is 17.7 Å². The van der Waals surface area contributed by atoms with E-state index in [2.05, 4.69) is 24.0 Å². The van der Waals surface area contributed by atoms with Crippen LogP contribution in [0.5, 0.6) is 0 Å². The number of benzene rings is 2. The maximum atomic E-state index is 13.4. The van der Waals surface area contributed by atoms with Crippen molar-refractivity contribution in [1.29, 1.82) is 0 Å². The predicted molar refractivity (Wildman–Crippen MR) is 106 cm³/mol. The Hall–Kier alpha value is -2.54. The zero-order chi connectivity index (χ0) is 19.5. The zero-order valence-electron chi connectivity index (χ0n) is 15.9. The van der Waals surface area contributed by atoms with Crippen LogP contribution >= 0.6 is 0 Å². The number of hydrogen-bond acceptors (Lipinski definition) is 4. The van der Waals surface area contributed by atoms with Gasteiger partial charge in [-0.2, -0.15) is 5.10 Å². The summed E-state index contributed by atoms with van der Waals surface area (Å²) in [5, 5.41) is 14.5. The topological polar surface area (TPSA) is 50.5 Å². The Morgan fingerprint density at radius 1 is 1.14 bits per heavy atom. The largest absolute Gasteiger partial charge is 0.395 e. The van der Waals surface area contributed by atoms with Gasteiger partial charge in [0, 0.05) is 30.4 Å². The van der Waals surface area contributed by atoms with Crippen molar-refractivity contribution < 1.29 is 14.2 Å². The highest BCUT2D eigenvalue weighted by atomic mass is 19.1. The summed E-state index contributed by atoms with van der Waals surface area (Å²) in [5.41, 5.74) is 4.89.